The van der Waals surface area contributed by atoms with Crippen molar-refractivity contribution in [2.24, 2.45) is 0 Å². The second kappa shape index (κ2) is 9.22. The van der Waals surface area contributed by atoms with E-state index in [9.17, 15) is 4.79 Å². The van der Waals surface area contributed by atoms with Gasteiger partial charge in [0.2, 0.25) is 0 Å². The molecule has 0 amide bonds. The third-order valence-corrected chi connectivity index (χ3v) is 1.09. The Morgan fingerprint density at radius 1 is 1.19 bits per heavy atom. The molecule has 0 aliphatic heterocycles. The van der Waals surface area contributed by atoms with Crippen molar-refractivity contribution in [1.29, 1.82) is 0 Å². The Kier molecular flexibility index (Phi) is 10.7. The standard InChI is InChI=1S/C7H6O3.K.Mn.4O/c8-7(10-9)6-4-2-1-3-5-6;;;;;;/h1-5,9H;;;;;;/q;+1;;;;;-1. The number of carbonyl (C=O) groups excluding carboxylic acids is 1. The van der Waals surface area contributed by atoms with Gasteiger partial charge in [0, 0.05) is 0 Å². The average Bonchev–Trinajstić information content (AvgIpc) is 2.15. The van der Waals surface area contributed by atoms with Crippen LogP contribution in [0.3, 0.4) is 0 Å². The molecule has 0 unspecified atom stereocenters. The zero-order valence-corrected chi connectivity index (χ0v) is 12.5. The molecule has 0 saturated heterocycles. The molecule has 1 aromatic rings. The van der Waals surface area contributed by atoms with Gasteiger partial charge in [-0.2, -0.15) is 5.26 Å². The normalized spacial score (nSPS) is 9.12. The van der Waals surface area contributed by atoms with Gasteiger partial charge in [-0.1, -0.05) is 18.2 Å². The van der Waals surface area contributed by atoms with Crippen LogP contribution in [0.15, 0.2) is 30.3 Å². The van der Waals surface area contributed by atoms with Gasteiger partial charge in [-0.05, 0) is 12.1 Å². The number of hydrogen-bond acceptors (Lipinski definition) is 7. The molecule has 0 bridgehead atoms. The maximum absolute atomic E-state index is 10.5. The molecular weight excluding hydrogens is 290 g/mol. The molecule has 0 aliphatic carbocycles. The molecule has 84 valence electrons. The fraction of sp³-hybridized carbons (Fsp3) is 0. The molecule has 0 radical (unpaired) electrons. The van der Waals surface area contributed by atoms with Crippen molar-refractivity contribution >= 4 is 5.97 Å². The van der Waals surface area contributed by atoms with E-state index in [1.165, 1.54) is 0 Å². The Balaban J connectivity index is 0. The van der Waals surface area contributed by atoms with Crippen LogP contribution in [0.4, 0.5) is 0 Å². The Morgan fingerprint density at radius 2 is 1.56 bits per heavy atom. The zero-order valence-electron chi connectivity index (χ0n) is 8.16. The van der Waals surface area contributed by atoms with Crippen molar-refractivity contribution in [3.05, 3.63) is 35.9 Å². The number of rotatable bonds is 1. The van der Waals surface area contributed by atoms with Gasteiger partial charge in [0.1, 0.15) is 0 Å². The molecule has 0 aromatic heterocycles. The first-order valence-corrected chi connectivity index (χ1v) is 5.30. The third-order valence-electron chi connectivity index (χ3n) is 1.09. The predicted octanol–water partition coefficient (Wildman–Crippen LogP) is -3.23. The third kappa shape index (κ3) is 12.2. The van der Waals surface area contributed by atoms with Crippen LogP contribution in [0.25, 0.3) is 0 Å². The molecular formula is C7H6KMnO7. The summed E-state index contributed by atoms with van der Waals surface area (Å²) >= 11 is -5.62. The molecule has 7 nitrogen and oxygen atoms in total. The summed E-state index contributed by atoms with van der Waals surface area (Å²) in [5, 5.41) is 7.94. The van der Waals surface area contributed by atoms with Crippen LogP contribution >= 0.6 is 0 Å². The Labute approximate surface area is 135 Å². The SMILES string of the molecule is O=C(OO)c1ccccc1.[K+].[O]=[Mn](=[O])(=[O])[O-]. The van der Waals surface area contributed by atoms with E-state index in [1.54, 1.807) is 30.3 Å². The van der Waals surface area contributed by atoms with Gasteiger partial charge in [-0.25, -0.2) is 4.79 Å². The van der Waals surface area contributed by atoms with Gasteiger partial charge in [0.15, 0.2) is 0 Å². The van der Waals surface area contributed by atoms with Crippen LogP contribution in [0.2, 0.25) is 0 Å². The predicted molar refractivity (Wildman–Crippen MR) is 36.5 cm³/mol. The average molecular weight is 296 g/mol. The number of hydrogen-bond donors (Lipinski definition) is 1. The monoisotopic (exact) mass is 296 g/mol. The van der Waals surface area contributed by atoms with Crippen molar-refractivity contribution in [3.63, 3.8) is 0 Å². The van der Waals surface area contributed by atoms with Crippen molar-refractivity contribution in [2.75, 3.05) is 0 Å². The zero-order chi connectivity index (χ0) is 11.9. The molecule has 0 saturated carbocycles. The van der Waals surface area contributed by atoms with Gasteiger partial charge < -0.3 is 0 Å². The van der Waals surface area contributed by atoms with E-state index in [-0.39, 0.29) is 51.4 Å². The summed E-state index contributed by atoms with van der Waals surface area (Å²) in [7, 11) is 0. The summed E-state index contributed by atoms with van der Waals surface area (Å²) in [5.74, 6) is -0.736. The summed E-state index contributed by atoms with van der Waals surface area (Å²) < 4.78 is 34.3. The van der Waals surface area contributed by atoms with Crippen LogP contribution in [0.1, 0.15) is 10.4 Å². The molecule has 16 heavy (non-hydrogen) atoms. The fourth-order valence-electron chi connectivity index (χ4n) is 0.627. The van der Waals surface area contributed by atoms with Crippen LogP contribution < -0.4 is 55.6 Å². The molecule has 0 heterocycles. The van der Waals surface area contributed by atoms with Crippen molar-refractivity contribution in [3.8, 4) is 0 Å². The maximum atomic E-state index is 10.5. The van der Waals surface area contributed by atoms with Gasteiger partial charge in [-0.3, -0.25) is 4.89 Å². The van der Waals surface area contributed by atoms with E-state index in [1.807, 2.05) is 0 Å². The first kappa shape index (κ1) is 18.5. The molecule has 0 aliphatic rings. The number of benzene rings is 1. The minimum absolute atomic E-state index is 0. The van der Waals surface area contributed by atoms with Gasteiger partial charge in [0.05, 0.1) is 5.56 Å². The quantitative estimate of drug-likeness (QED) is 0.328. The summed E-state index contributed by atoms with van der Waals surface area (Å²) in [4.78, 5) is 14.0. The summed E-state index contributed by atoms with van der Waals surface area (Å²) in [6, 6.07) is 8.25. The van der Waals surface area contributed by atoms with E-state index < -0.39 is 18.9 Å². The fourth-order valence-corrected chi connectivity index (χ4v) is 0.627. The van der Waals surface area contributed by atoms with E-state index >= 15 is 0 Å². The summed E-state index contributed by atoms with van der Waals surface area (Å²) in [5.41, 5.74) is 0.338. The van der Waals surface area contributed by atoms with Crippen molar-refractivity contribution in [1.82, 2.24) is 0 Å². The first-order valence-electron chi connectivity index (χ1n) is 3.37. The molecule has 1 aromatic carbocycles. The summed E-state index contributed by atoms with van der Waals surface area (Å²) in [6.45, 7) is 0. The number of carbonyl (C=O) groups is 1. The Bertz CT molecular complexity index is 447. The molecule has 0 spiro atoms. The van der Waals surface area contributed by atoms with E-state index in [4.69, 9.17) is 21.0 Å². The second-order valence-corrected chi connectivity index (χ2v) is 3.30. The second-order valence-electron chi connectivity index (χ2n) is 2.12. The summed E-state index contributed by atoms with van der Waals surface area (Å²) in [6.07, 6.45) is 0. The van der Waals surface area contributed by atoms with Crippen LogP contribution in [-0.4, -0.2) is 11.2 Å². The molecule has 1 N–H and O–H groups in total. The topological polar surface area (TPSA) is 121 Å². The van der Waals surface area contributed by atoms with Gasteiger partial charge in [0.25, 0.3) is 0 Å². The van der Waals surface area contributed by atoms with E-state index in [0.717, 1.165) is 0 Å². The molecule has 0 atom stereocenters. The van der Waals surface area contributed by atoms with Crippen molar-refractivity contribution in [2.45, 2.75) is 0 Å². The molecule has 1 rings (SSSR count). The van der Waals surface area contributed by atoms with E-state index in [2.05, 4.69) is 4.89 Å². The molecule has 9 heteroatoms. The van der Waals surface area contributed by atoms with E-state index in [0.29, 0.717) is 5.56 Å². The van der Waals surface area contributed by atoms with Crippen LogP contribution in [0, 0.1) is 0 Å². The minimum atomic E-state index is -5.62. The van der Waals surface area contributed by atoms with Crippen molar-refractivity contribution < 1.29 is 95.0 Å². The Morgan fingerprint density at radius 3 is 1.88 bits per heavy atom. The van der Waals surface area contributed by atoms with Crippen LogP contribution in [0.5, 0.6) is 0 Å². The van der Waals surface area contributed by atoms with Crippen LogP contribution in [-0.2, 0) is 29.4 Å². The van der Waals surface area contributed by atoms with Gasteiger partial charge in [-0.15, -0.1) is 0 Å². The Hall–Kier alpha value is 0.166. The first-order chi connectivity index (χ1) is 6.84. The molecule has 0 fully saturated rings. The van der Waals surface area contributed by atoms with Gasteiger partial charge >= 0.3 is 86.0 Å².